The number of urea groups is 1. The molecule has 39 heavy (non-hydrogen) atoms. The first kappa shape index (κ1) is 28.0. The molecule has 0 bridgehead atoms. The fourth-order valence-corrected chi connectivity index (χ4v) is 4.53. The number of allylic oxidation sites excluding steroid dienone is 6. The van der Waals surface area contributed by atoms with Gasteiger partial charge in [0.25, 0.3) is 0 Å². The fraction of sp³-hybridized carbons (Fsp3) is 0.292. The standard InChI is InChI=1S/C24H21F6N7OS/c1-3-31-22(38)34-18-9-15(20-33-17(11-39-20)23(25,26)27)16(10-32-18)13-6-4-5-12(2)7-14(8-13)19-35-21(37-36-19)24(28,29)30/h6-11H,3-5H2,1-2H3,(H,35,36,37)(H2,31,32,34,38). The molecule has 0 aliphatic heterocycles. The van der Waals surface area contributed by atoms with Gasteiger partial charge in [-0.05, 0) is 44.4 Å². The molecule has 3 aromatic rings. The predicted octanol–water partition coefficient (Wildman–Crippen LogP) is 6.71. The zero-order valence-corrected chi connectivity index (χ0v) is 21.3. The number of aromatic amines is 1. The number of thiazole rings is 1. The number of alkyl halides is 6. The van der Waals surface area contributed by atoms with Crippen LogP contribution in [0.3, 0.4) is 0 Å². The maximum atomic E-state index is 13.3. The number of anilines is 1. The van der Waals surface area contributed by atoms with E-state index in [1.54, 1.807) is 25.2 Å². The molecule has 1 aliphatic carbocycles. The molecule has 0 unspecified atom stereocenters. The molecule has 0 radical (unpaired) electrons. The third-order valence-corrected chi connectivity index (χ3v) is 6.32. The Bertz CT molecular complexity index is 1470. The van der Waals surface area contributed by atoms with Gasteiger partial charge in [-0.15, -0.1) is 11.3 Å². The minimum Gasteiger partial charge on any atom is -0.338 e. The van der Waals surface area contributed by atoms with Gasteiger partial charge in [0.1, 0.15) is 10.8 Å². The van der Waals surface area contributed by atoms with Crippen molar-refractivity contribution in [3.8, 4) is 10.6 Å². The summed E-state index contributed by atoms with van der Waals surface area (Å²) in [6.45, 7) is 3.86. The zero-order chi connectivity index (χ0) is 28.4. The average molecular weight is 570 g/mol. The number of amides is 2. The van der Waals surface area contributed by atoms with Gasteiger partial charge >= 0.3 is 18.4 Å². The lowest BCUT2D eigenvalue weighted by molar-refractivity contribution is -0.144. The lowest BCUT2D eigenvalue weighted by Gasteiger charge is -2.14. The fourth-order valence-electron chi connectivity index (χ4n) is 3.68. The van der Waals surface area contributed by atoms with Crippen LogP contribution in [0.4, 0.5) is 37.0 Å². The number of rotatable bonds is 5. The summed E-state index contributed by atoms with van der Waals surface area (Å²) in [5, 5.41) is 11.5. The van der Waals surface area contributed by atoms with Crippen LogP contribution >= 0.6 is 11.3 Å². The van der Waals surface area contributed by atoms with Gasteiger partial charge in [0.05, 0.1) is 0 Å². The minimum atomic E-state index is -4.73. The van der Waals surface area contributed by atoms with E-state index in [4.69, 9.17) is 0 Å². The van der Waals surface area contributed by atoms with Crippen molar-refractivity contribution < 1.29 is 31.1 Å². The Balaban J connectivity index is 1.84. The van der Waals surface area contributed by atoms with E-state index in [-0.39, 0.29) is 27.8 Å². The molecule has 3 heterocycles. The van der Waals surface area contributed by atoms with Crippen LogP contribution in [0.2, 0.25) is 0 Å². The summed E-state index contributed by atoms with van der Waals surface area (Å²) < 4.78 is 79.3. The summed E-state index contributed by atoms with van der Waals surface area (Å²) in [7, 11) is 0. The Hall–Kier alpha value is -4.01. The van der Waals surface area contributed by atoms with E-state index in [1.165, 1.54) is 12.3 Å². The van der Waals surface area contributed by atoms with Gasteiger partial charge in [-0.2, -0.15) is 31.4 Å². The minimum absolute atomic E-state index is 0.0144. The predicted molar refractivity (Wildman–Crippen MR) is 133 cm³/mol. The average Bonchev–Trinajstić information content (AvgIpc) is 3.52. The highest BCUT2D eigenvalue weighted by Crippen LogP contribution is 2.39. The lowest BCUT2D eigenvalue weighted by atomic mass is 9.94. The second-order valence-corrected chi connectivity index (χ2v) is 9.29. The number of halogens is 6. The van der Waals surface area contributed by atoms with Crippen LogP contribution in [0.5, 0.6) is 0 Å². The van der Waals surface area contributed by atoms with Crippen LogP contribution in [0.25, 0.3) is 21.7 Å². The van der Waals surface area contributed by atoms with E-state index in [1.807, 2.05) is 12.0 Å². The van der Waals surface area contributed by atoms with Gasteiger partial charge in [-0.1, -0.05) is 17.7 Å². The monoisotopic (exact) mass is 569 g/mol. The number of carbonyl (C=O) groups is 1. The van der Waals surface area contributed by atoms with E-state index in [0.29, 0.717) is 30.5 Å². The molecule has 4 rings (SSSR count). The van der Waals surface area contributed by atoms with Crippen LogP contribution < -0.4 is 10.6 Å². The maximum absolute atomic E-state index is 13.3. The Morgan fingerprint density at radius 1 is 1.08 bits per heavy atom. The normalized spacial score (nSPS) is 14.6. The van der Waals surface area contributed by atoms with Gasteiger partial charge in [0, 0.05) is 34.8 Å². The van der Waals surface area contributed by atoms with Gasteiger partial charge < -0.3 is 5.32 Å². The third-order valence-electron chi connectivity index (χ3n) is 5.45. The van der Waals surface area contributed by atoms with E-state index < -0.39 is 29.9 Å². The molecule has 0 fully saturated rings. The van der Waals surface area contributed by atoms with Crippen molar-refractivity contribution in [1.82, 2.24) is 30.5 Å². The molecule has 0 aromatic carbocycles. The van der Waals surface area contributed by atoms with Crippen molar-refractivity contribution in [2.75, 3.05) is 11.9 Å². The van der Waals surface area contributed by atoms with E-state index in [9.17, 15) is 31.1 Å². The van der Waals surface area contributed by atoms with Crippen LogP contribution in [0, 0.1) is 0 Å². The highest BCUT2D eigenvalue weighted by Gasteiger charge is 2.36. The second-order valence-electron chi connectivity index (χ2n) is 8.43. The van der Waals surface area contributed by atoms with Crippen molar-refractivity contribution in [3.63, 3.8) is 0 Å². The molecule has 1 aliphatic rings. The number of pyridine rings is 1. The summed E-state index contributed by atoms with van der Waals surface area (Å²) in [6.07, 6.45) is -1.94. The summed E-state index contributed by atoms with van der Waals surface area (Å²) in [4.78, 5) is 23.6. The van der Waals surface area contributed by atoms with E-state index in [0.717, 1.165) is 22.3 Å². The van der Waals surface area contributed by atoms with Crippen LogP contribution in [-0.2, 0) is 12.4 Å². The van der Waals surface area contributed by atoms with Crippen molar-refractivity contribution in [3.05, 3.63) is 64.4 Å². The topological polar surface area (TPSA) is 108 Å². The first-order valence-corrected chi connectivity index (χ1v) is 12.4. The van der Waals surface area contributed by atoms with Gasteiger partial charge in [0.15, 0.2) is 11.5 Å². The van der Waals surface area contributed by atoms with Crippen molar-refractivity contribution >= 4 is 34.3 Å². The number of H-pyrrole nitrogens is 1. The largest absolute Gasteiger partial charge is 0.451 e. The molecule has 206 valence electrons. The highest BCUT2D eigenvalue weighted by atomic mass is 32.1. The molecule has 0 saturated carbocycles. The second kappa shape index (κ2) is 11.0. The maximum Gasteiger partial charge on any atom is 0.451 e. The molecule has 3 aromatic heterocycles. The number of hydrogen-bond acceptors (Lipinski definition) is 6. The zero-order valence-electron chi connectivity index (χ0n) is 20.5. The molecule has 0 atom stereocenters. The molecule has 0 spiro atoms. The number of hydrogen-bond donors (Lipinski definition) is 3. The molecular formula is C24H21F6N7OS. The van der Waals surface area contributed by atoms with Gasteiger partial charge in [0.2, 0.25) is 5.82 Å². The number of carbonyl (C=O) groups excluding carboxylic acids is 1. The van der Waals surface area contributed by atoms with Crippen LogP contribution in [0.1, 0.15) is 49.6 Å². The highest BCUT2D eigenvalue weighted by molar-refractivity contribution is 7.13. The quantitative estimate of drug-likeness (QED) is 0.296. The third kappa shape index (κ3) is 6.71. The molecule has 0 saturated heterocycles. The van der Waals surface area contributed by atoms with E-state index >= 15 is 0 Å². The number of nitrogens with one attached hydrogen (secondary N) is 3. The summed E-state index contributed by atoms with van der Waals surface area (Å²) >= 11 is 0.757. The number of aromatic nitrogens is 5. The Labute approximate surface area is 222 Å². The Morgan fingerprint density at radius 2 is 1.85 bits per heavy atom. The van der Waals surface area contributed by atoms with Crippen LogP contribution in [0.15, 0.2) is 41.4 Å². The Morgan fingerprint density at radius 3 is 2.49 bits per heavy atom. The van der Waals surface area contributed by atoms with Gasteiger partial charge in [-0.3, -0.25) is 10.4 Å². The van der Waals surface area contributed by atoms with E-state index in [2.05, 4.69) is 30.7 Å². The number of nitrogens with zero attached hydrogens (tertiary/aromatic N) is 4. The van der Waals surface area contributed by atoms with Crippen molar-refractivity contribution in [1.29, 1.82) is 0 Å². The summed E-state index contributed by atoms with van der Waals surface area (Å²) in [6, 6.07) is 0.837. The summed E-state index contributed by atoms with van der Waals surface area (Å²) in [5.74, 6) is -1.40. The molecule has 15 heteroatoms. The first-order chi connectivity index (χ1) is 18.3. The molecule has 3 N–H and O–H groups in total. The van der Waals surface area contributed by atoms with Gasteiger partial charge in [-0.25, -0.2) is 19.7 Å². The first-order valence-electron chi connectivity index (χ1n) is 11.5. The SMILES string of the molecule is CCNC(=O)Nc1cc(-c2nc(C(F)(F)F)cs2)c(C2=CCCC(C)=CC(c3n[nH]c(C(F)(F)F)n3)=C2)cn1. The molecule has 2 amide bonds. The van der Waals surface area contributed by atoms with Crippen LogP contribution in [-0.4, -0.2) is 37.7 Å². The smallest absolute Gasteiger partial charge is 0.338 e. The lowest BCUT2D eigenvalue weighted by Crippen LogP contribution is -2.28. The van der Waals surface area contributed by atoms with Crippen molar-refractivity contribution in [2.45, 2.75) is 39.0 Å². The summed E-state index contributed by atoms with van der Waals surface area (Å²) in [5.41, 5.74) is 1.11. The van der Waals surface area contributed by atoms with Crippen molar-refractivity contribution in [2.24, 2.45) is 0 Å². The Kier molecular flexibility index (Phi) is 7.90. The molecular weight excluding hydrogens is 548 g/mol. The molecule has 8 nitrogen and oxygen atoms in total.